The molecule has 2 aliphatic rings. The molecular formula is C16H26O7. The van der Waals surface area contributed by atoms with Gasteiger partial charge in [0.2, 0.25) is 5.76 Å². The standard InChI is InChI=1S/C16H26O7/c1-8-5-22-10(3)11(15(8)18)6-21-7-14-9(2)12(17)4-13(23-14)16(19)20/h4,8-12,14-15,17-18H,5-7H2,1-3H3,(H,19,20)/t8?,9?,10?,11-,12-,14-,15+/m0/s1. The Balaban J connectivity index is 1.88. The number of carboxylic acid groups (broad SMARTS) is 1. The smallest absolute Gasteiger partial charge is 0.370 e. The van der Waals surface area contributed by atoms with Crippen LogP contribution in [0.1, 0.15) is 20.8 Å². The molecule has 0 aromatic heterocycles. The van der Waals surface area contributed by atoms with Gasteiger partial charge in [-0.25, -0.2) is 4.79 Å². The summed E-state index contributed by atoms with van der Waals surface area (Å²) in [6.45, 7) is 6.57. The molecule has 1 saturated heterocycles. The molecule has 3 unspecified atom stereocenters. The molecule has 7 heteroatoms. The maximum atomic E-state index is 11.0. The zero-order valence-electron chi connectivity index (χ0n) is 13.7. The fourth-order valence-electron chi connectivity index (χ4n) is 2.92. The topological polar surface area (TPSA) is 105 Å². The average Bonchev–Trinajstić information content (AvgIpc) is 2.50. The van der Waals surface area contributed by atoms with E-state index >= 15 is 0 Å². The van der Waals surface area contributed by atoms with Gasteiger partial charge in [0.1, 0.15) is 6.10 Å². The Morgan fingerprint density at radius 2 is 2.00 bits per heavy atom. The third-order valence-electron chi connectivity index (χ3n) is 4.78. The molecule has 2 heterocycles. The lowest BCUT2D eigenvalue weighted by Gasteiger charge is -2.38. The first-order chi connectivity index (χ1) is 10.8. The summed E-state index contributed by atoms with van der Waals surface area (Å²) in [5.41, 5.74) is 0. The van der Waals surface area contributed by atoms with Crippen molar-refractivity contribution >= 4 is 5.97 Å². The van der Waals surface area contributed by atoms with Gasteiger partial charge in [-0.05, 0) is 13.0 Å². The fourth-order valence-corrected chi connectivity index (χ4v) is 2.92. The van der Waals surface area contributed by atoms with Crippen LogP contribution in [0.3, 0.4) is 0 Å². The summed E-state index contributed by atoms with van der Waals surface area (Å²) in [5, 5.41) is 29.1. The number of aliphatic hydroxyl groups is 2. The monoisotopic (exact) mass is 330 g/mol. The highest BCUT2D eigenvalue weighted by molar-refractivity contribution is 5.84. The van der Waals surface area contributed by atoms with E-state index in [1.54, 1.807) is 6.92 Å². The molecular weight excluding hydrogens is 304 g/mol. The quantitative estimate of drug-likeness (QED) is 0.670. The first-order valence-electron chi connectivity index (χ1n) is 7.98. The number of aliphatic hydroxyl groups excluding tert-OH is 2. The zero-order valence-corrected chi connectivity index (χ0v) is 13.7. The Morgan fingerprint density at radius 3 is 2.65 bits per heavy atom. The van der Waals surface area contributed by atoms with Crippen LogP contribution in [0, 0.1) is 17.8 Å². The molecule has 23 heavy (non-hydrogen) atoms. The van der Waals surface area contributed by atoms with Gasteiger partial charge in [-0.1, -0.05) is 13.8 Å². The Bertz CT molecular complexity index is 450. The molecule has 0 amide bonds. The lowest BCUT2D eigenvalue weighted by atomic mass is 9.87. The maximum Gasteiger partial charge on any atom is 0.370 e. The van der Waals surface area contributed by atoms with Crippen LogP contribution in [0.15, 0.2) is 11.8 Å². The number of carbonyl (C=O) groups is 1. The van der Waals surface area contributed by atoms with E-state index in [0.717, 1.165) is 0 Å². The number of ether oxygens (including phenoxy) is 3. The first kappa shape index (κ1) is 18.2. The van der Waals surface area contributed by atoms with Crippen LogP contribution < -0.4 is 0 Å². The van der Waals surface area contributed by atoms with Crippen molar-refractivity contribution in [2.24, 2.45) is 17.8 Å². The van der Waals surface area contributed by atoms with Crippen molar-refractivity contribution in [1.82, 2.24) is 0 Å². The van der Waals surface area contributed by atoms with Gasteiger partial charge in [0, 0.05) is 17.8 Å². The summed E-state index contributed by atoms with van der Waals surface area (Å²) < 4.78 is 16.6. The van der Waals surface area contributed by atoms with Crippen LogP contribution in [0.25, 0.3) is 0 Å². The predicted octanol–water partition coefficient (Wildman–Crippen LogP) is 0.399. The lowest BCUT2D eigenvalue weighted by Crippen LogP contribution is -2.46. The van der Waals surface area contributed by atoms with E-state index in [0.29, 0.717) is 13.2 Å². The van der Waals surface area contributed by atoms with Crippen molar-refractivity contribution in [1.29, 1.82) is 0 Å². The van der Waals surface area contributed by atoms with E-state index in [1.807, 2.05) is 13.8 Å². The minimum absolute atomic E-state index is 0.0491. The normalized spacial score (nSPS) is 41.1. The van der Waals surface area contributed by atoms with Crippen LogP contribution >= 0.6 is 0 Å². The average molecular weight is 330 g/mol. The molecule has 1 fully saturated rings. The molecule has 0 aromatic rings. The second-order valence-corrected chi connectivity index (χ2v) is 6.55. The summed E-state index contributed by atoms with van der Waals surface area (Å²) in [6.07, 6.45) is -0.831. The highest BCUT2D eigenvalue weighted by Crippen LogP contribution is 2.27. The number of rotatable bonds is 5. The van der Waals surface area contributed by atoms with Crippen molar-refractivity contribution in [3.63, 3.8) is 0 Å². The highest BCUT2D eigenvalue weighted by Gasteiger charge is 2.36. The fraction of sp³-hybridized carbons (Fsp3) is 0.812. The van der Waals surface area contributed by atoms with Crippen molar-refractivity contribution in [3.05, 3.63) is 11.8 Å². The maximum absolute atomic E-state index is 11.0. The molecule has 0 bridgehead atoms. The summed E-state index contributed by atoms with van der Waals surface area (Å²) in [4.78, 5) is 11.0. The predicted molar refractivity (Wildman–Crippen MR) is 80.7 cm³/mol. The molecule has 7 nitrogen and oxygen atoms in total. The van der Waals surface area contributed by atoms with Crippen LogP contribution in [0.5, 0.6) is 0 Å². The summed E-state index contributed by atoms with van der Waals surface area (Å²) in [6, 6.07) is 0. The molecule has 0 radical (unpaired) electrons. The largest absolute Gasteiger partial charge is 0.481 e. The highest BCUT2D eigenvalue weighted by atomic mass is 16.6. The molecule has 2 aliphatic heterocycles. The minimum Gasteiger partial charge on any atom is -0.481 e. The first-order valence-corrected chi connectivity index (χ1v) is 7.98. The van der Waals surface area contributed by atoms with Crippen molar-refractivity contribution in [2.75, 3.05) is 19.8 Å². The van der Waals surface area contributed by atoms with E-state index in [4.69, 9.17) is 19.3 Å². The molecule has 7 atom stereocenters. The van der Waals surface area contributed by atoms with E-state index < -0.39 is 24.3 Å². The van der Waals surface area contributed by atoms with E-state index in [9.17, 15) is 15.0 Å². The number of aliphatic carboxylic acids is 1. The molecule has 0 spiro atoms. The number of hydrogen-bond donors (Lipinski definition) is 3. The molecule has 132 valence electrons. The lowest BCUT2D eigenvalue weighted by molar-refractivity contribution is -0.149. The van der Waals surface area contributed by atoms with E-state index in [2.05, 4.69) is 0 Å². The van der Waals surface area contributed by atoms with Crippen molar-refractivity contribution in [2.45, 2.75) is 45.2 Å². The molecule has 2 rings (SSSR count). The Labute approximate surface area is 135 Å². The molecule has 0 aromatic carbocycles. The second kappa shape index (κ2) is 7.61. The van der Waals surface area contributed by atoms with Crippen molar-refractivity contribution in [3.8, 4) is 0 Å². The van der Waals surface area contributed by atoms with Gasteiger partial charge in [-0.3, -0.25) is 0 Å². The second-order valence-electron chi connectivity index (χ2n) is 6.55. The third-order valence-corrected chi connectivity index (χ3v) is 4.78. The van der Waals surface area contributed by atoms with Gasteiger partial charge in [0.25, 0.3) is 0 Å². The Morgan fingerprint density at radius 1 is 1.30 bits per heavy atom. The molecule has 3 N–H and O–H groups in total. The molecule has 0 saturated carbocycles. The van der Waals surface area contributed by atoms with Crippen LogP contribution in [-0.2, 0) is 19.0 Å². The van der Waals surface area contributed by atoms with Gasteiger partial charge in [0.05, 0.1) is 38.1 Å². The van der Waals surface area contributed by atoms with Gasteiger partial charge in [-0.2, -0.15) is 0 Å². The van der Waals surface area contributed by atoms with E-state index in [1.165, 1.54) is 6.08 Å². The summed E-state index contributed by atoms with van der Waals surface area (Å²) in [7, 11) is 0. The minimum atomic E-state index is -1.21. The number of carboxylic acids is 1. The summed E-state index contributed by atoms with van der Waals surface area (Å²) in [5.74, 6) is -1.83. The van der Waals surface area contributed by atoms with Gasteiger partial charge in [-0.15, -0.1) is 0 Å². The van der Waals surface area contributed by atoms with Gasteiger partial charge in [0.15, 0.2) is 0 Å². The Hall–Kier alpha value is -1.15. The van der Waals surface area contributed by atoms with Gasteiger partial charge >= 0.3 is 5.97 Å². The SMILES string of the molecule is CC1COC(C)[C@H](COC[C@@H]2OC(C(=O)O)=C[C@H](O)C2C)[C@@H]1O. The Kier molecular flexibility index (Phi) is 6.02. The van der Waals surface area contributed by atoms with Crippen LogP contribution in [0.2, 0.25) is 0 Å². The zero-order chi connectivity index (χ0) is 17.1. The molecule has 0 aliphatic carbocycles. The van der Waals surface area contributed by atoms with Crippen molar-refractivity contribution < 1.29 is 34.3 Å². The summed E-state index contributed by atoms with van der Waals surface area (Å²) >= 11 is 0. The van der Waals surface area contributed by atoms with E-state index in [-0.39, 0.29) is 36.2 Å². The van der Waals surface area contributed by atoms with Crippen LogP contribution in [-0.4, -0.2) is 65.5 Å². The third kappa shape index (κ3) is 4.23. The van der Waals surface area contributed by atoms with Gasteiger partial charge < -0.3 is 29.5 Å². The van der Waals surface area contributed by atoms with Crippen LogP contribution in [0.4, 0.5) is 0 Å². The number of hydrogen-bond acceptors (Lipinski definition) is 6.